The summed E-state index contributed by atoms with van der Waals surface area (Å²) in [5.41, 5.74) is 16.0. The van der Waals surface area contributed by atoms with Crippen molar-refractivity contribution < 1.29 is 0 Å². The highest BCUT2D eigenvalue weighted by molar-refractivity contribution is 5.51. The van der Waals surface area contributed by atoms with Crippen LogP contribution in [0.4, 0.5) is 5.69 Å². The lowest BCUT2D eigenvalue weighted by molar-refractivity contribution is 0.918. The van der Waals surface area contributed by atoms with Crippen LogP contribution in [0.15, 0.2) is 91.0 Å². The van der Waals surface area contributed by atoms with Crippen molar-refractivity contribution in [3.05, 3.63) is 136 Å². The maximum Gasteiger partial charge on any atom is 0.0314 e. The third kappa shape index (κ3) is 5.35. The Hall–Kier alpha value is -4.20. The molecule has 0 unspecified atom stereocenters. The summed E-state index contributed by atoms with van der Waals surface area (Å²) in [7, 11) is 0. The number of aryl methyl sites for hydroxylation is 4. The minimum atomic E-state index is 0.749. The fourth-order valence-electron chi connectivity index (χ4n) is 4.04. The van der Waals surface area contributed by atoms with Crippen molar-refractivity contribution in [2.75, 3.05) is 5.73 Å². The maximum atomic E-state index is 5.73. The molecule has 2 N–H and O–H groups in total. The smallest absolute Gasteiger partial charge is 0.0314 e. The summed E-state index contributed by atoms with van der Waals surface area (Å²) in [6.45, 7) is 0. The van der Waals surface area contributed by atoms with Crippen LogP contribution in [0.3, 0.4) is 0 Å². The van der Waals surface area contributed by atoms with Crippen LogP contribution in [0.5, 0.6) is 0 Å². The Morgan fingerprint density at radius 1 is 0.455 bits per heavy atom. The summed E-state index contributed by atoms with van der Waals surface area (Å²) >= 11 is 0. The van der Waals surface area contributed by atoms with Gasteiger partial charge in [0, 0.05) is 27.9 Å². The van der Waals surface area contributed by atoms with E-state index in [0.29, 0.717) is 0 Å². The van der Waals surface area contributed by atoms with Gasteiger partial charge in [-0.25, -0.2) is 0 Å². The summed E-state index contributed by atoms with van der Waals surface area (Å²) in [5.74, 6) is 13.2. The van der Waals surface area contributed by atoms with Crippen LogP contribution in [0, 0.1) is 23.7 Å². The van der Waals surface area contributed by atoms with Gasteiger partial charge in [-0.05, 0) is 103 Å². The van der Waals surface area contributed by atoms with Gasteiger partial charge in [-0.3, -0.25) is 0 Å². The highest BCUT2D eigenvalue weighted by Crippen LogP contribution is 2.19. The predicted molar refractivity (Wildman–Crippen MR) is 137 cm³/mol. The summed E-state index contributed by atoms with van der Waals surface area (Å²) in [4.78, 5) is 0. The lowest BCUT2D eigenvalue weighted by Crippen LogP contribution is -2.00. The second-order valence-electron chi connectivity index (χ2n) is 8.51. The fraction of sp³-hybridized carbons (Fsp3) is 0.125. The quantitative estimate of drug-likeness (QED) is 0.274. The van der Waals surface area contributed by atoms with Crippen molar-refractivity contribution >= 4 is 5.69 Å². The number of nitrogen functional groups attached to an aromatic ring is 1. The minimum absolute atomic E-state index is 0.749. The average molecular weight is 424 g/mol. The first-order valence-electron chi connectivity index (χ1n) is 11.4. The predicted octanol–water partition coefficient (Wildman–Crippen LogP) is 5.95. The van der Waals surface area contributed by atoms with Gasteiger partial charge in [0.05, 0.1) is 0 Å². The van der Waals surface area contributed by atoms with Crippen molar-refractivity contribution in [1.82, 2.24) is 0 Å². The molecule has 0 heterocycles. The Morgan fingerprint density at radius 2 is 0.909 bits per heavy atom. The topological polar surface area (TPSA) is 26.0 Å². The molecule has 0 saturated carbocycles. The number of anilines is 1. The van der Waals surface area contributed by atoms with Crippen LogP contribution in [-0.4, -0.2) is 0 Å². The molecule has 0 spiro atoms. The van der Waals surface area contributed by atoms with Crippen LogP contribution in [0.25, 0.3) is 0 Å². The van der Waals surface area contributed by atoms with Crippen molar-refractivity contribution in [3.8, 4) is 23.7 Å². The van der Waals surface area contributed by atoms with Crippen LogP contribution in [0.1, 0.15) is 44.5 Å². The van der Waals surface area contributed by atoms with Crippen LogP contribution < -0.4 is 5.73 Å². The molecule has 4 aliphatic carbocycles. The van der Waals surface area contributed by atoms with Gasteiger partial charge >= 0.3 is 0 Å². The van der Waals surface area contributed by atoms with Crippen LogP contribution >= 0.6 is 0 Å². The molecule has 0 atom stereocenters. The summed E-state index contributed by atoms with van der Waals surface area (Å²) in [6, 6.07) is 31.7. The number of hydrogen-bond donors (Lipinski definition) is 1. The molecule has 8 rings (SSSR count). The highest BCUT2D eigenvalue weighted by atomic mass is 14.5. The number of rotatable bonds is 0. The molecular weight excluding hydrogens is 398 g/mol. The first-order chi connectivity index (χ1) is 16.2. The second kappa shape index (κ2) is 9.52. The summed E-state index contributed by atoms with van der Waals surface area (Å²) < 4.78 is 0. The van der Waals surface area contributed by atoms with Crippen molar-refractivity contribution in [1.29, 1.82) is 0 Å². The van der Waals surface area contributed by atoms with Crippen LogP contribution in [0.2, 0.25) is 0 Å². The van der Waals surface area contributed by atoms with E-state index in [0.717, 1.165) is 53.6 Å². The van der Waals surface area contributed by atoms with E-state index in [1.165, 1.54) is 22.3 Å². The number of benzene rings is 4. The SMILES string of the molecule is Nc1ccc(C#Cc2ccc(C#Cc3cc4ccc3CCc3ccc(cc3)CC4)cc2)cc1. The molecule has 4 aromatic carbocycles. The maximum absolute atomic E-state index is 5.73. The zero-order valence-corrected chi connectivity index (χ0v) is 18.6. The van der Waals surface area contributed by atoms with Gasteiger partial charge in [-0.15, -0.1) is 0 Å². The molecule has 0 fully saturated rings. The molecule has 0 radical (unpaired) electrons. The molecule has 4 bridgehead atoms. The molecule has 4 aliphatic rings. The van der Waals surface area contributed by atoms with Gasteiger partial charge in [0.25, 0.3) is 0 Å². The lowest BCUT2D eigenvalue weighted by Gasteiger charge is -2.11. The van der Waals surface area contributed by atoms with E-state index in [9.17, 15) is 0 Å². The molecular formula is C32H25N. The van der Waals surface area contributed by atoms with Gasteiger partial charge in [0.15, 0.2) is 0 Å². The molecule has 0 saturated heterocycles. The van der Waals surface area contributed by atoms with E-state index in [2.05, 4.69) is 66.1 Å². The molecule has 0 amide bonds. The standard InChI is InChI=1S/C32H25N/c33-32-21-16-28(17-22-32)10-5-24-1-8-27(9-2-24)14-20-31-23-29-12-11-25-3-6-26(7-4-25)13-18-30(31)19-15-29/h1-4,6-9,15-17,19,21-23H,11-13,18,33H2. The van der Waals surface area contributed by atoms with Gasteiger partial charge in [0.1, 0.15) is 0 Å². The lowest BCUT2D eigenvalue weighted by atomic mass is 9.93. The van der Waals surface area contributed by atoms with Crippen LogP contribution in [-0.2, 0) is 25.7 Å². The molecule has 4 aromatic rings. The Bertz CT molecular complexity index is 1380. The first-order valence-corrected chi connectivity index (χ1v) is 11.4. The Morgan fingerprint density at radius 3 is 1.52 bits per heavy atom. The molecule has 0 aromatic heterocycles. The Kier molecular flexibility index (Phi) is 5.97. The van der Waals surface area contributed by atoms with E-state index in [4.69, 9.17) is 5.73 Å². The minimum Gasteiger partial charge on any atom is -0.399 e. The average Bonchev–Trinajstić information content (AvgIpc) is 2.85. The highest BCUT2D eigenvalue weighted by Gasteiger charge is 2.06. The largest absolute Gasteiger partial charge is 0.399 e. The molecule has 158 valence electrons. The van der Waals surface area contributed by atoms with Gasteiger partial charge in [0.2, 0.25) is 0 Å². The summed E-state index contributed by atoms with van der Waals surface area (Å²) in [6.07, 6.45) is 4.14. The normalized spacial score (nSPS) is 12.0. The summed E-state index contributed by atoms with van der Waals surface area (Å²) in [5, 5.41) is 0. The third-order valence-electron chi connectivity index (χ3n) is 6.07. The molecule has 1 nitrogen and oxygen atoms in total. The number of hydrogen-bond acceptors (Lipinski definition) is 1. The zero-order chi connectivity index (χ0) is 22.5. The van der Waals surface area contributed by atoms with E-state index < -0.39 is 0 Å². The molecule has 1 heteroatoms. The van der Waals surface area contributed by atoms with Crippen molar-refractivity contribution in [3.63, 3.8) is 0 Å². The van der Waals surface area contributed by atoms with E-state index in [1.807, 2.05) is 48.5 Å². The Balaban J connectivity index is 1.35. The van der Waals surface area contributed by atoms with Crippen molar-refractivity contribution in [2.45, 2.75) is 25.7 Å². The van der Waals surface area contributed by atoms with Gasteiger partial charge < -0.3 is 5.73 Å². The fourth-order valence-corrected chi connectivity index (χ4v) is 4.04. The first kappa shape index (κ1) is 20.7. The van der Waals surface area contributed by atoms with E-state index in [1.54, 1.807) is 0 Å². The second-order valence-corrected chi connectivity index (χ2v) is 8.51. The van der Waals surface area contributed by atoms with Gasteiger partial charge in [-0.2, -0.15) is 0 Å². The molecule has 33 heavy (non-hydrogen) atoms. The molecule has 0 aliphatic heterocycles. The monoisotopic (exact) mass is 423 g/mol. The van der Waals surface area contributed by atoms with Gasteiger partial charge in [-0.1, -0.05) is 60.1 Å². The number of nitrogens with two attached hydrogens (primary N) is 1. The Labute approximate surface area is 196 Å². The third-order valence-corrected chi connectivity index (χ3v) is 6.07. The zero-order valence-electron chi connectivity index (χ0n) is 18.6. The van der Waals surface area contributed by atoms with E-state index >= 15 is 0 Å². The van der Waals surface area contributed by atoms with E-state index in [-0.39, 0.29) is 0 Å². The van der Waals surface area contributed by atoms with Crippen molar-refractivity contribution in [2.24, 2.45) is 0 Å².